The number of ether oxygens (including phenoxy) is 5. The molecule has 1 fully saturated rings. The van der Waals surface area contributed by atoms with E-state index in [0.29, 0.717) is 28.3 Å². The summed E-state index contributed by atoms with van der Waals surface area (Å²) in [6.45, 7) is 4.25. The van der Waals surface area contributed by atoms with Crippen LogP contribution in [0.15, 0.2) is 48.5 Å². The maximum Gasteiger partial charge on any atom is 0.303 e. The van der Waals surface area contributed by atoms with Crippen molar-refractivity contribution in [2.24, 2.45) is 0 Å². The second-order valence-corrected chi connectivity index (χ2v) is 11.6. The predicted molar refractivity (Wildman–Crippen MR) is 166 cm³/mol. The van der Waals surface area contributed by atoms with Gasteiger partial charge in [-0.25, -0.2) is 0 Å². The average molecular weight is 665 g/mol. The molecule has 0 amide bonds. The van der Waals surface area contributed by atoms with E-state index in [9.17, 15) is 24.4 Å². The van der Waals surface area contributed by atoms with E-state index in [0.717, 1.165) is 37.5 Å². The smallest absolute Gasteiger partial charge is 0.303 e. The largest absolute Gasteiger partial charge is 0.463 e. The van der Waals surface area contributed by atoms with Gasteiger partial charge in [-0.05, 0) is 28.8 Å². The van der Waals surface area contributed by atoms with E-state index in [1.807, 2.05) is 24.3 Å². The molecule has 13 heteroatoms. The van der Waals surface area contributed by atoms with Crippen molar-refractivity contribution in [3.63, 3.8) is 0 Å². The van der Waals surface area contributed by atoms with Crippen LogP contribution in [0.5, 0.6) is 0 Å². The zero-order valence-electron chi connectivity index (χ0n) is 25.3. The van der Waals surface area contributed by atoms with E-state index in [1.165, 1.54) is 6.92 Å². The summed E-state index contributed by atoms with van der Waals surface area (Å²) in [5, 5.41) is 11.1. The van der Waals surface area contributed by atoms with Crippen LogP contribution < -0.4 is 0 Å². The van der Waals surface area contributed by atoms with Gasteiger partial charge in [-0.15, -0.1) is 0 Å². The Balaban J connectivity index is 1.82. The van der Waals surface area contributed by atoms with Crippen molar-refractivity contribution >= 4 is 47.7 Å². The molecule has 0 spiro atoms. The van der Waals surface area contributed by atoms with Crippen LogP contribution in [0.1, 0.15) is 50.6 Å². The second kappa shape index (κ2) is 13.4. The number of aromatic nitrogens is 1. The fourth-order valence-electron chi connectivity index (χ4n) is 6.00. The van der Waals surface area contributed by atoms with Gasteiger partial charge in [0.2, 0.25) is 0 Å². The second-order valence-electron chi connectivity index (χ2n) is 10.8. The predicted octanol–water partition coefficient (Wildman–Crippen LogP) is 5.24. The number of benzene rings is 2. The Hall–Kier alpha value is -4.57. The highest BCUT2D eigenvalue weighted by molar-refractivity contribution is 7.71. The maximum absolute atomic E-state index is 12.6. The quantitative estimate of drug-likeness (QED) is 0.145. The number of halogens is 1. The fraction of sp³-hybridized carbons (Fsp3) is 0.333. The summed E-state index contributed by atoms with van der Waals surface area (Å²) in [4.78, 5) is 49.1. The van der Waals surface area contributed by atoms with Crippen molar-refractivity contribution in [3.05, 3.63) is 74.9 Å². The number of fused-ring (bicyclic) bond motifs is 3. The molecule has 0 radical (unpaired) electrons. The van der Waals surface area contributed by atoms with Crippen molar-refractivity contribution < 1.29 is 42.9 Å². The molecule has 11 nitrogen and oxygen atoms in total. The van der Waals surface area contributed by atoms with Gasteiger partial charge in [-0.2, -0.15) is 5.26 Å². The van der Waals surface area contributed by atoms with Crippen LogP contribution in [0, 0.1) is 16.0 Å². The lowest BCUT2D eigenvalue weighted by Crippen LogP contribution is -2.60. The Morgan fingerprint density at radius 1 is 0.913 bits per heavy atom. The van der Waals surface area contributed by atoms with Crippen LogP contribution in [0.2, 0.25) is 5.02 Å². The summed E-state index contributed by atoms with van der Waals surface area (Å²) >= 11 is 12.2. The van der Waals surface area contributed by atoms with E-state index >= 15 is 0 Å². The Labute approximate surface area is 274 Å². The highest BCUT2D eigenvalue weighted by Gasteiger charge is 2.53. The first kappa shape index (κ1) is 32.8. The highest BCUT2D eigenvalue weighted by Crippen LogP contribution is 2.47. The Kier molecular flexibility index (Phi) is 9.58. The average Bonchev–Trinajstić information content (AvgIpc) is 3.37. The first-order valence-electron chi connectivity index (χ1n) is 14.3. The van der Waals surface area contributed by atoms with Crippen molar-refractivity contribution in [3.8, 4) is 28.5 Å². The first-order chi connectivity index (χ1) is 21.9. The summed E-state index contributed by atoms with van der Waals surface area (Å²) in [5.74, 6) is -2.90. The molecule has 5 atom stereocenters. The van der Waals surface area contributed by atoms with E-state index < -0.39 is 61.1 Å². The van der Waals surface area contributed by atoms with Gasteiger partial charge in [0.15, 0.2) is 24.5 Å². The molecule has 0 bridgehead atoms. The molecule has 1 aliphatic heterocycles. The van der Waals surface area contributed by atoms with Gasteiger partial charge in [0.1, 0.15) is 23.4 Å². The Morgan fingerprint density at radius 2 is 1.52 bits per heavy atom. The highest BCUT2D eigenvalue weighted by atomic mass is 35.5. The van der Waals surface area contributed by atoms with Crippen LogP contribution in [-0.2, 0) is 49.3 Å². The lowest BCUT2D eigenvalue weighted by molar-refractivity contribution is -0.268. The number of hydrogen-bond acceptors (Lipinski definition) is 11. The number of nitrogens with zero attached hydrogens (tertiary/aromatic N) is 2. The van der Waals surface area contributed by atoms with Crippen molar-refractivity contribution in [2.45, 2.75) is 64.8 Å². The molecule has 1 saturated heterocycles. The molecule has 2 aromatic carbocycles. The summed E-state index contributed by atoms with van der Waals surface area (Å²) < 4.78 is 30.3. The summed E-state index contributed by atoms with van der Waals surface area (Å²) in [7, 11) is 0. The molecule has 0 saturated carbocycles. The lowest BCUT2D eigenvalue weighted by Gasteiger charge is -2.45. The van der Waals surface area contributed by atoms with Gasteiger partial charge in [0.05, 0.1) is 11.3 Å². The van der Waals surface area contributed by atoms with Crippen LogP contribution in [-0.4, -0.2) is 59.5 Å². The number of nitriles is 1. The summed E-state index contributed by atoms with van der Waals surface area (Å²) in [5.41, 5.74) is 4.54. The normalized spacial score (nSPS) is 21.3. The number of rotatable bonds is 7. The number of carbonyl (C=O) groups excluding carboxylic acids is 4. The van der Waals surface area contributed by atoms with Crippen molar-refractivity contribution in [1.29, 1.82) is 5.26 Å². The Bertz CT molecular complexity index is 1830. The summed E-state index contributed by atoms with van der Waals surface area (Å²) in [6, 6.07) is 16.9. The number of pyridine rings is 1. The minimum absolute atomic E-state index is 0.0452. The molecule has 3 aromatic rings. The monoisotopic (exact) mass is 664 g/mol. The van der Waals surface area contributed by atoms with Crippen molar-refractivity contribution in [1.82, 2.24) is 4.57 Å². The third-order valence-electron chi connectivity index (χ3n) is 7.62. The molecule has 1 aliphatic carbocycles. The minimum Gasteiger partial charge on any atom is -0.463 e. The molecule has 46 heavy (non-hydrogen) atoms. The molecule has 0 N–H and O–H groups in total. The van der Waals surface area contributed by atoms with E-state index in [2.05, 4.69) is 6.07 Å². The molecule has 5 rings (SSSR count). The SMILES string of the molecule is CC(=O)OC[C@H]1O[C@@H](n2c3c(c(-c4ccc(Cl)cc4)c(C#N)c2=S)Cc2ccccc2-3)[C@H](OC(C)=O)[C@@H](OC(C)=O)[C@H]1OC(C)=O. The van der Waals surface area contributed by atoms with Gasteiger partial charge in [0.25, 0.3) is 0 Å². The number of esters is 4. The third kappa shape index (κ3) is 6.39. The van der Waals surface area contributed by atoms with E-state index in [1.54, 1.807) is 28.8 Å². The van der Waals surface area contributed by atoms with E-state index in [4.69, 9.17) is 47.5 Å². The topological polar surface area (TPSA) is 143 Å². The van der Waals surface area contributed by atoms with Gasteiger partial charge >= 0.3 is 23.9 Å². The zero-order chi connectivity index (χ0) is 33.3. The molecular weight excluding hydrogens is 636 g/mol. The van der Waals surface area contributed by atoms with Crippen LogP contribution in [0.25, 0.3) is 22.4 Å². The maximum atomic E-state index is 12.6. The van der Waals surface area contributed by atoms with Crippen molar-refractivity contribution in [2.75, 3.05) is 6.61 Å². The molecule has 2 aliphatic rings. The molecular formula is C33H29ClN2O9S. The van der Waals surface area contributed by atoms with Crippen LogP contribution in [0.3, 0.4) is 0 Å². The first-order valence-corrected chi connectivity index (χ1v) is 15.1. The van der Waals surface area contributed by atoms with Crippen LogP contribution in [0.4, 0.5) is 0 Å². The summed E-state index contributed by atoms with van der Waals surface area (Å²) in [6.07, 6.45) is -6.29. The zero-order valence-corrected chi connectivity index (χ0v) is 26.8. The molecule has 0 unspecified atom stereocenters. The van der Waals surface area contributed by atoms with Gasteiger partial charge in [-0.1, -0.05) is 60.2 Å². The number of hydrogen-bond donors (Lipinski definition) is 0. The molecule has 1 aromatic heterocycles. The third-order valence-corrected chi connectivity index (χ3v) is 8.27. The minimum atomic E-state index is -1.42. The number of carbonyl (C=O) groups is 4. The van der Waals surface area contributed by atoms with Crippen LogP contribution >= 0.6 is 23.8 Å². The van der Waals surface area contributed by atoms with Gasteiger partial charge in [0, 0.05) is 50.3 Å². The lowest BCUT2D eigenvalue weighted by atomic mass is 9.93. The standard InChI is InChI=1S/C33H29ClN2O9S/c1-16(37)41-15-26-29(42-17(2)38)30(43-18(3)39)31(44-19(4)40)32(45-26)36-28-23-8-6-5-7-21(23)13-24(28)27(25(14-35)33(36)46)20-9-11-22(34)12-10-20/h5-12,26,29-32H,13,15H2,1-4H3/t26-,29+,30+,31-,32-/m1/s1. The Morgan fingerprint density at radius 3 is 2.13 bits per heavy atom. The van der Waals surface area contributed by atoms with Gasteiger partial charge in [-0.3, -0.25) is 19.2 Å². The fourth-order valence-corrected chi connectivity index (χ4v) is 6.47. The molecule has 238 valence electrons. The van der Waals surface area contributed by atoms with E-state index in [-0.39, 0.29) is 10.2 Å². The van der Waals surface area contributed by atoms with Gasteiger partial charge < -0.3 is 28.3 Å². The molecule has 2 heterocycles.